The molecule has 114 valence electrons. The van der Waals surface area contributed by atoms with E-state index in [0.717, 1.165) is 14.9 Å². The molecule has 0 amide bonds. The molecule has 0 spiro atoms. The maximum Gasteiger partial charge on any atom is 0.160 e. The number of thiazole rings is 1. The standard InChI is InChI=1S/C15H18Cl2N2S2/c1-7(2)10-5-9(6-11(8(3)4)12(10)18)20-15-19-13(16)14(17)21-15/h5-8H,18H2,1-4H3. The van der Waals surface area contributed by atoms with Crippen molar-refractivity contribution >= 4 is 52.0 Å². The molecule has 0 bridgehead atoms. The molecule has 2 rings (SSSR count). The van der Waals surface area contributed by atoms with Gasteiger partial charge in [0.25, 0.3) is 0 Å². The second-order valence-electron chi connectivity index (χ2n) is 5.47. The van der Waals surface area contributed by atoms with Crippen molar-refractivity contribution < 1.29 is 0 Å². The number of nitrogens with zero attached hydrogens (tertiary/aromatic N) is 1. The highest BCUT2D eigenvalue weighted by molar-refractivity contribution is 8.01. The van der Waals surface area contributed by atoms with Gasteiger partial charge in [0, 0.05) is 10.6 Å². The molecule has 2 N–H and O–H groups in total. The maximum absolute atomic E-state index is 6.31. The van der Waals surface area contributed by atoms with Gasteiger partial charge in [0.15, 0.2) is 9.49 Å². The van der Waals surface area contributed by atoms with Gasteiger partial charge in [0.1, 0.15) is 4.34 Å². The summed E-state index contributed by atoms with van der Waals surface area (Å²) in [6.07, 6.45) is 0. The van der Waals surface area contributed by atoms with E-state index in [0.29, 0.717) is 21.3 Å². The maximum atomic E-state index is 6.31. The number of aromatic nitrogens is 1. The average Bonchev–Trinajstić information content (AvgIpc) is 2.69. The molecule has 0 atom stereocenters. The molecule has 2 nitrogen and oxygen atoms in total. The van der Waals surface area contributed by atoms with Crippen molar-refractivity contribution in [1.82, 2.24) is 4.98 Å². The van der Waals surface area contributed by atoms with Crippen LogP contribution in [0.5, 0.6) is 0 Å². The van der Waals surface area contributed by atoms with E-state index in [1.807, 2.05) is 0 Å². The first kappa shape index (κ1) is 16.9. The highest BCUT2D eigenvalue weighted by atomic mass is 35.5. The fourth-order valence-corrected chi connectivity index (χ4v) is 4.63. The Morgan fingerprint density at radius 1 is 1.10 bits per heavy atom. The SMILES string of the molecule is CC(C)c1cc(Sc2nc(Cl)c(Cl)s2)cc(C(C)C)c1N. The number of anilines is 1. The van der Waals surface area contributed by atoms with E-state index in [1.54, 1.807) is 11.8 Å². The molecule has 1 heterocycles. The first-order valence-corrected chi connectivity index (χ1v) is 9.11. The summed E-state index contributed by atoms with van der Waals surface area (Å²) in [5.74, 6) is 0.762. The fourth-order valence-electron chi connectivity index (χ4n) is 2.09. The van der Waals surface area contributed by atoms with E-state index < -0.39 is 0 Å². The Balaban J connectivity index is 2.43. The Labute approximate surface area is 144 Å². The topological polar surface area (TPSA) is 38.9 Å². The van der Waals surface area contributed by atoms with E-state index in [-0.39, 0.29) is 0 Å². The summed E-state index contributed by atoms with van der Waals surface area (Å²) in [4.78, 5) is 5.38. The minimum absolute atomic E-state index is 0.368. The van der Waals surface area contributed by atoms with Crippen LogP contribution in [0.2, 0.25) is 9.49 Å². The van der Waals surface area contributed by atoms with Gasteiger partial charge in [0.05, 0.1) is 0 Å². The molecule has 0 aliphatic rings. The molecule has 0 aliphatic heterocycles. The summed E-state index contributed by atoms with van der Waals surface area (Å²) >= 11 is 14.9. The Bertz CT molecular complexity index is 603. The average molecular weight is 361 g/mol. The number of nitrogen functional groups attached to an aromatic ring is 1. The lowest BCUT2D eigenvalue weighted by Gasteiger charge is -2.18. The summed E-state index contributed by atoms with van der Waals surface area (Å²) in [7, 11) is 0. The molecule has 0 unspecified atom stereocenters. The van der Waals surface area contributed by atoms with Gasteiger partial charge >= 0.3 is 0 Å². The van der Waals surface area contributed by atoms with Crippen LogP contribution in [0.1, 0.15) is 50.7 Å². The van der Waals surface area contributed by atoms with Crippen molar-refractivity contribution in [3.8, 4) is 0 Å². The van der Waals surface area contributed by atoms with Crippen LogP contribution in [0.3, 0.4) is 0 Å². The number of rotatable bonds is 4. The van der Waals surface area contributed by atoms with Crippen molar-refractivity contribution in [2.75, 3.05) is 5.73 Å². The first-order valence-electron chi connectivity index (χ1n) is 6.72. The van der Waals surface area contributed by atoms with Crippen molar-refractivity contribution in [3.63, 3.8) is 0 Å². The zero-order valence-electron chi connectivity index (χ0n) is 12.4. The smallest absolute Gasteiger partial charge is 0.160 e. The predicted octanol–water partition coefficient (Wildman–Crippen LogP) is 6.43. The molecule has 0 saturated heterocycles. The van der Waals surface area contributed by atoms with Crippen LogP contribution in [0.25, 0.3) is 0 Å². The van der Waals surface area contributed by atoms with Gasteiger partial charge in [-0.1, -0.05) is 74.0 Å². The van der Waals surface area contributed by atoms with Gasteiger partial charge in [-0.15, -0.1) is 0 Å². The minimum Gasteiger partial charge on any atom is -0.398 e. The lowest BCUT2D eigenvalue weighted by atomic mass is 9.93. The van der Waals surface area contributed by atoms with E-state index in [4.69, 9.17) is 28.9 Å². The summed E-state index contributed by atoms with van der Waals surface area (Å²) in [5, 5.41) is 0.368. The number of nitrogens with two attached hydrogens (primary N) is 1. The van der Waals surface area contributed by atoms with Gasteiger partial charge in [-0.25, -0.2) is 4.98 Å². The Morgan fingerprint density at radius 2 is 1.62 bits per heavy atom. The second-order valence-corrected chi connectivity index (χ2v) is 8.75. The van der Waals surface area contributed by atoms with Crippen LogP contribution >= 0.6 is 46.3 Å². The molecular formula is C15H18Cl2N2S2. The molecule has 0 aliphatic carbocycles. The van der Waals surface area contributed by atoms with Crippen LogP contribution < -0.4 is 5.73 Å². The molecule has 1 aromatic carbocycles. The Hall–Kier alpha value is -0.420. The molecule has 21 heavy (non-hydrogen) atoms. The highest BCUT2D eigenvalue weighted by Gasteiger charge is 2.15. The van der Waals surface area contributed by atoms with E-state index in [1.165, 1.54) is 22.5 Å². The number of hydrogen-bond donors (Lipinski definition) is 1. The molecule has 1 aromatic heterocycles. The van der Waals surface area contributed by atoms with Gasteiger partial charge in [-0.2, -0.15) is 0 Å². The van der Waals surface area contributed by atoms with E-state index >= 15 is 0 Å². The third kappa shape index (κ3) is 3.86. The molecular weight excluding hydrogens is 343 g/mol. The van der Waals surface area contributed by atoms with Gasteiger partial charge in [-0.3, -0.25) is 0 Å². The molecule has 0 fully saturated rings. The number of halogens is 2. The van der Waals surface area contributed by atoms with Gasteiger partial charge in [-0.05, 0) is 35.1 Å². The predicted molar refractivity (Wildman–Crippen MR) is 95.3 cm³/mol. The molecule has 0 saturated carbocycles. The van der Waals surface area contributed by atoms with Crippen LogP contribution in [0.15, 0.2) is 21.4 Å². The third-order valence-corrected chi connectivity index (χ3v) is 5.96. The minimum atomic E-state index is 0.368. The van der Waals surface area contributed by atoms with Crippen molar-refractivity contribution in [2.24, 2.45) is 0 Å². The number of hydrogen-bond acceptors (Lipinski definition) is 4. The van der Waals surface area contributed by atoms with E-state index in [2.05, 4.69) is 44.8 Å². The fraction of sp³-hybridized carbons (Fsp3) is 0.400. The van der Waals surface area contributed by atoms with E-state index in [9.17, 15) is 0 Å². The summed E-state index contributed by atoms with van der Waals surface area (Å²) in [5.41, 5.74) is 9.57. The second kappa shape index (κ2) is 6.78. The summed E-state index contributed by atoms with van der Waals surface area (Å²) in [6.45, 7) is 8.62. The summed E-state index contributed by atoms with van der Waals surface area (Å²) < 4.78 is 1.38. The van der Waals surface area contributed by atoms with Crippen LogP contribution in [-0.4, -0.2) is 4.98 Å². The Kier molecular flexibility index (Phi) is 5.47. The lowest BCUT2D eigenvalue weighted by molar-refractivity contribution is 0.832. The molecule has 2 aromatic rings. The van der Waals surface area contributed by atoms with Gasteiger partial charge < -0.3 is 5.73 Å². The molecule has 6 heteroatoms. The third-order valence-electron chi connectivity index (χ3n) is 3.20. The van der Waals surface area contributed by atoms with Crippen LogP contribution in [0.4, 0.5) is 5.69 Å². The van der Waals surface area contributed by atoms with Crippen molar-refractivity contribution in [2.45, 2.75) is 48.8 Å². The van der Waals surface area contributed by atoms with Crippen molar-refractivity contribution in [3.05, 3.63) is 32.7 Å². The molecule has 0 radical (unpaired) electrons. The van der Waals surface area contributed by atoms with Crippen LogP contribution in [-0.2, 0) is 0 Å². The zero-order valence-corrected chi connectivity index (χ0v) is 15.6. The zero-order chi connectivity index (χ0) is 15.7. The first-order chi connectivity index (χ1) is 9.79. The summed E-state index contributed by atoms with van der Waals surface area (Å²) in [6, 6.07) is 4.28. The quantitative estimate of drug-likeness (QED) is 0.638. The van der Waals surface area contributed by atoms with Crippen LogP contribution in [0, 0.1) is 0 Å². The number of benzene rings is 1. The lowest BCUT2D eigenvalue weighted by Crippen LogP contribution is -2.03. The largest absolute Gasteiger partial charge is 0.398 e. The van der Waals surface area contributed by atoms with Crippen molar-refractivity contribution in [1.29, 1.82) is 0 Å². The van der Waals surface area contributed by atoms with Gasteiger partial charge in [0.2, 0.25) is 0 Å². The highest BCUT2D eigenvalue weighted by Crippen LogP contribution is 2.41. The Morgan fingerprint density at radius 3 is 2.00 bits per heavy atom. The normalized spacial score (nSPS) is 11.6. The monoisotopic (exact) mass is 360 g/mol.